The fraction of sp³-hybridized carbons (Fsp3) is 0.500. The number of nitrogens with zero attached hydrogens (tertiary/aromatic N) is 1. The molecule has 1 aliphatic heterocycles. The summed E-state index contributed by atoms with van der Waals surface area (Å²) < 4.78 is 0. The summed E-state index contributed by atoms with van der Waals surface area (Å²) in [7, 11) is 0. The van der Waals surface area contributed by atoms with Crippen molar-refractivity contribution in [1.82, 2.24) is 0 Å². The number of rotatable bonds is 3. The normalized spacial score (nSPS) is 19.6. The van der Waals surface area contributed by atoms with Crippen LogP contribution in [0.1, 0.15) is 37.7 Å². The second kappa shape index (κ2) is 5.16. The third-order valence-corrected chi connectivity index (χ3v) is 4.32. The molecule has 100 valence electrons. The van der Waals surface area contributed by atoms with Crippen molar-refractivity contribution in [1.29, 1.82) is 0 Å². The summed E-state index contributed by atoms with van der Waals surface area (Å²) in [6, 6.07) is 7.93. The number of carbonyl (C=O) groups excluding carboxylic acids is 2. The zero-order chi connectivity index (χ0) is 13.2. The fourth-order valence-corrected chi connectivity index (χ4v) is 3.20. The zero-order valence-electron chi connectivity index (χ0n) is 11.1. The van der Waals surface area contributed by atoms with Crippen LogP contribution in [-0.2, 0) is 16.0 Å². The monoisotopic (exact) mass is 257 g/mol. The van der Waals surface area contributed by atoms with Gasteiger partial charge in [-0.25, -0.2) is 0 Å². The summed E-state index contributed by atoms with van der Waals surface area (Å²) in [6.45, 7) is 0.264. The molecule has 1 heterocycles. The van der Waals surface area contributed by atoms with Crippen molar-refractivity contribution >= 4 is 17.4 Å². The van der Waals surface area contributed by atoms with Crippen LogP contribution in [0.5, 0.6) is 0 Å². The van der Waals surface area contributed by atoms with Crippen LogP contribution in [-0.4, -0.2) is 18.2 Å². The summed E-state index contributed by atoms with van der Waals surface area (Å²) >= 11 is 0. The highest BCUT2D eigenvalue weighted by molar-refractivity contribution is 6.01. The lowest BCUT2D eigenvalue weighted by molar-refractivity contribution is -0.125. The highest BCUT2D eigenvalue weighted by atomic mass is 16.2. The highest BCUT2D eigenvalue weighted by Gasteiger charge is 2.29. The first-order chi connectivity index (χ1) is 9.25. The van der Waals surface area contributed by atoms with E-state index in [1.807, 2.05) is 18.2 Å². The Labute approximate surface area is 113 Å². The minimum Gasteiger partial charge on any atom is -0.305 e. The number of ketones is 1. The summed E-state index contributed by atoms with van der Waals surface area (Å²) in [4.78, 5) is 26.1. The average Bonchev–Trinajstić information content (AvgIpc) is 2.96. The van der Waals surface area contributed by atoms with E-state index in [4.69, 9.17) is 0 Å². The van der Waals surface area contributed by atoms with E-state index in [1.54, 1.807) is 4.90 Å². The van der Waals surface area contributed by atoms with Crippen LogP contribution in [0.25, 0.3) is 0 Å². The molecule has 1 saturated carbocycles. The van der Waals surface area contributed by atoms with Crippen molar-refractivity contribution in [2.45, 2.75) is 38.5 Å². The van der Waals surface area contributed by atoms with E-state index in [1.165, 1.54) is 5.56 Å². The second-order valence-electron chi connectivity index (χ2n) is 5.56. The van der Waals surface area contributed by atoms with Crippen LogP contribution in [0.4, 0.5) is 5.69 Å². The molecule has 1 fully saturated rings. The van der Waals surface area contributed by atoms with Gasteiger partial charge in [0.2, 0.25) is 5.91 Å². The predicted molar refractivity (Wildman–Crippen MR) is 74.1 cm³/mol. The minimum absolute atomic E-state index is 0.0880. The lowest BCUT2D eigenvalue weighted by Crippen LogP contribution is -2.40. The molecular weight excluding hydrogens is 238 g/mol. The molecule has 1 aromatic rings. The maximum absolute atomic E-state index is 12.3. The van der Waals surface area contributed by atoms with Gasteiger partial charge in [0.1, 0.15) is 0 Å². The first kappa shape index (κ1) is 12.4. The number of amides is 1. The molecule has 3 heteroatoms. The fourth-order valence-electron chi connectivity index (χ4n) is 3.20. The van der Waals surface area contributed by atoms with Gasteiger partial charge < -0.3 is 4.90 Å². The van der Waals surface area contributed by atoms with Gasteiger partial charge >= 0.3 is 0 Å². The van der Waals surface area contributed by atoms with Gasteiger partial charge in [-0.05, 0) is 30.9 Å². The largest absolute Gasteiger partial charge is 0.305 e. The van der Waals surface area contributed by atoms with Gasteiger partial charge in [-0.3, -0.25) is 9.59 Å². The highest BCUT2D eigenvalue weighted by Crippen LogP contribution is 2.30. The van der Waals surface area contributed by atoms with E-state index < -0.39 is 0 Å². The maximum Gasteiger partial charge on any atom is 0.227 e. The molecule has 1 amide bonds. The van der Waals surface area contributed by atoms with Gasteiger partial charge in [-0.2, -0.15) is 0 Å². The Bertz CT molecular complexity index is 503. The first-order valence-electron chi connectivity index (χ1n) is 7.16. The van der Waals surface area contributed by atoms with Crippen molar-refractivity contribution in [3.63, 3.8) is 0 Å². The van der Waals surface area contributed by atoms with E-state index in [0.29, 0.717) is 6.42 Å². The molecule has 3 rings (SSSR count). The summed E-state index contributed by atoms with van der Waals surface area (Å²) in [6.07, 6.45) is 5.63. The molecule has 0 aromatic heterocycles. The number of benzene rings is 1. The number of hydrogen-bond donors (Lipinski definition) is 0. The van der Waals surface area contributed by atoms with Crippen LogP contribution >= 0.6 is 0 Å². The van der Waals surface area contributed by atoms with Crippen LogP contribution in [0, 0.1) is 5.92 Å². The van der Waals surface area contributed by atoms with Crippen molar-refractivity contribution in [2.75, 3.05) is 11.4 Å². The topological polar surface area (TPSA) is 37.4 Å². The van der Waals surface area contributed by atoms with Crippen molar-refractivity contribution in [2.24, 2.45) is 5.92 Å². The number of carbonyl (C=O) groups is 2. The van der Waals surface area contributed by atoms with E-state index in [-0.39, 0.29) is 24.2 Å². The number of Topliss-reactive ketones (excluding diaryl/α,β-unsaturated/α-hetero) is 1. The second-order valence-corrected chi connectivity index (χ2v) is 5.56. The third-order valence-electron chi connectivity index (χ3n) is 4.32. The molecule has 1 aromatic carbocycles. The van der Waals surface area contributed by atoms with E-state index in [2.05, 4.69) is 6.07 Å². The number of para-hydroxylation sites is 1. The SMILES string of the molecule is O=C(CN1C(=O)CCc2ccccc21)C1CCCC1. The van der Waals surface area contributed by atoms with Gasteiger partial charge in [-0.1, -0.05) is 31.0 Å². The lowest BCUT2D eigenvalue weighted by atomic mass is 9.98. The van der Waals surface area contributed by atoms with Crippen LogP contribution < -0.4 is 4.90 Å². The van der Waals surface area contributed by atoms with Gasteiger partial charge in [-0.15, -0.1) is 0 Å². The third kappa shape index (κ3) is 2.42. The van der Waals surface area contributed by atoms with Gasteiger partial charge in [0.25, 0.3) is 0 Å². The lowest BCUT2D eigenvalue weighted by Gasteiger charge is -2.29. The molecule has 0 atom stereocenters. The summed E-state index contributed by atoms with van der Waals surface area (Å²) in [5, 5.41) is 0. The molecule has 3 nitrogen and oxygen atoms in total. The van der Waals surface area contributed by atoms with Crippen molar-refractivity contribution in [3.8, 4) is 0 Å². The molecule has 0 saturated heterocycles. The van der Waals surface area contributed by atoms with Gasteiger partial charge in [0, 0.05) is 18.0 Å². The number of anilines is 1. The number of aryl methyl sites for hydroxylation is 1. The zero-order valence-corrected chi connectivity index (χ0v) is 11.1. The van der Waals surface area contributed by atoms with Crippen molar-refractivity contribution in [3.05, 3.63) is 29.8 Å². The minimum atomic E-state index is 0.0880. The number of fused-ring (bicyclic) bond motifs is 1. The standard InChI is InChI=1S/C16H19NO2/c18-15(13-6-1-2-7-13)11-17-14-8-4-3-5-12(14)9-10-16(17)19/h3-5,8,13H,1-2,6-7,9-11H2. The quantitative estimate of drug-likeness (QED) is 0.835. The molecule has 0 spiro atoms. The molecular formula is C16H19NO2. The Morgan fingerprint density at radius 1 is 1.16 bits per heavy atom. The van der Waals surface area contributed by atoms with Gasteiger partial charge in [0.15, 0.2) is 5.78 Å². The molecule has 0 unspecified atom stereocenters. The van der Waals surface area contributed by atoms with Crippen LogP contribution in [0.3, 0.4) is 0 Å². The summed E-state index contributed by atoms with van der Waals surface area (Å²) in [5.41, 5.74) is 2.12. The van der Waals surface area contributed by atoms with Crippen molar-refractivity contribution < 1.29 is 9.59 Å². The Morgan fingerprint density at radius 2 is 1.89 bits per heavy atom. The van der Waals surface area contributed by atoms with E-state index in [0.717, 1.165) is 37.8 Å². The van der Waals surface area contributed by atoms with E-state index >= 15 is 0 Å². The molecule has 19 heavy (non-hydrogen) atoms. The molecule has 1 aliphatic carbocycles. The van der Waals surface area contributed by atoms with Crippen LogP contribution in [0.15, 0.2) is 24.3 Å². The Kier molecular flexibility index (Phi) is 3.36. The van der Waals surface area contributed by atoms with Crippen LogP contribution in [0.2, 0.25) is 0 Å². The first-order valence-corrected chi connectivity index (χ1v) is 7.16. The Balaban J connectivity index is 1.79. The Hall–Kier alpha value is -1.64. The molecule has 0 N–H and O–H groups in total. The maximum atomic E-state index is 12.3. The molecule has 2 aliphatic rings. The van der Waals surface area contributed by atoms with Gasteiger partial charge in [0.05, 0.1) is 6.54 Å². The Morgan fingerprint density at radius 3 is 2.68 bits per heavy atom. The average molecular weight is 257 g/mol. The summed E-state index contributed by atoms with van der Waals surface area (Å²) in [5.74, 6) is 0.509. The van der Waals surface area contributed by atoms with E-state index in [9.17, 15) is 9.59 Å². The smallest absolute Gasteiger partial charge is 0.227 e. The molecule has 0 radical (unpaired) electrons. The molecule has 0 bridgehead atoms. The number of hydrogen-bond acceptors (Lipinski definition) is 2. The predicted octanol–water partition coefficient (Wildman–Crippen LogP) is 2.73.